The molecule has 0 spiro atoms. The van der Waals surface area contributed by atoms with Crippen molar-refractivity contribution in [2.75, 3.05) is 13.1 Å². The summed E-state index contributed by atoms with van der Waals surface area (Å²) in [7, 11) is 0. The summed E-state index contributed by atoms with van der Waals surface area (Å²) in [6.07, 6.45) is 1.21. The molecule has 0 aromatic carbocycles. The Kier molecular flexibility index (Phi) is 3.38. The van der Waals surface area contributed by atoms with Crippen LogP contribution in [0.5, 0.6) is 0 Å². The number of guanidine groups is 1. The van der Waals surface area contributed by atoms with Gasteiger partial charge in [-0.05, 0) is 12.8 Å². The van der Waals surface area contributed by atoms with Crippen molar-refractivity contribution in [3.8, 4) is 0 Å². The van der Waals surface area contributed by atoms with Crippen LogP contribution >= 0.6 is 0 Å². The first-order valence-corrected chi connectivity index (χ1v) is 4.79. The Morgan fingerprint density at radius 3 is 2.83 bits per heavy atom. The molecule has 1 rings (SSSR count). The predicted octanol–water partition coefficient (Wildman–Crippen LogP) is 0.970. The zero-order valence-electron chi connectivity index (χ0n) is 8.22. The number of nitrogens with one attached hydrogen (secondary N) is 2. The van der Waals surface area contributed by atoms with E-state index < -0.39 is 0 Å². The largest absolute Gasteiger partial charge is 0.355 e. The molecule has 12 heavy (non-hydrogen) atoms. The minimum atomic E-state index is 0.513. The van der Waals surface area contributed by atoms with Gasteiger partial charge in [0.1, 0.15) is 0 Å². The SMILES string of the molecule is CCC(C)C(C)NC1=NCCN1. The van der Waals surface area contributed by atoms with Crippen LogP contribution in [0.25, 0.3) is 0 Å². The molecule has 2 atom stereocenters. The monoisotopic (exact) mass is 169 g/mol. The van der Waals surface area contributed by atoms with Crippen LogP contribution in [-0.2, 0) is 0 Å². The van der Waals surface area contributed by atoms with E-state index in [2.05, 4.69) is 36.4 Å². The highest BCUT2D eigenvalue weighted by atomic mass is 15.2. The van der Waals surface area contributed by atoms with Crippen molar-refractivity contribution in [3.05, 3.63) is 0 Å². The minimum Gasteiger partial charge on any atom is -0.355 e. The number of aliphatic imine (C=N–C) groups is 1. The Bertz CT molecular complexity index is 165. The molecule has 0 bridgehead atoms. The lowest BCUT2D eigenvalue weighted by Gasteiger charge is -2.20. The molecule has 0 amide bonds. The van der Waals surface area contributed by atoms with Crippen LogP contribution in [0.15, 0.2) is 4.99 Å². The van der Waals surface area contributed by atoms with Crippen molar-refractivity contribution >= 4 is 5.96 Å². The Morgan fingerprint density at radius 2 is 2.33 bits per heavy atom. The van der Waals surface area contributed by atoms with Crippen molar-refractivity contribution < 1.29 is 0 Å². The van der Waals surface area contributed by atoms with E-state index in [0.29, 0.717) is 12.0 Å². The van der Waals surface area contributed by atoms with Gasteiger partial charge < -0.3 is 10.6 Å². The molecular formula is C9H19N3. The molecule has 0 saturated carbocycles. The maximum Gasteiger partial charge on any atom is 0.191 e. The van der Waals surface area contributed by atoms with Crippen molar-refractivity contribution in [1.29, 1.82) is 0 Å². The Labute approximate surface area is 74.6 Å². The van der Waals surface area contributed by atoms with E-state index in [-0.39, 0.29) is 0 Å². The fraction of sp³-hybridized carbons (Fsp3) is 0.889. The molecule has 0 aliphatic carbocycles. The number of nitrogens with zero attached hydrogens (tertiary/aromatic N) is 1. The summed E-state index contributed by atoms with van der Waals surface area (Å²) < 4.78 is 0. The van der Waals surface area contributed by atoms with Crippen molar-refractivity contribution in [2.45, 2.75) is 33.2 Å². The van der Waals surface area contributed by atoms with Crippen LogP contribution in [0.2, 0.25) is 0 Å². The van der Waals surface area contributed by atoms with Gasteiger partial charge in [-0.15, -0.1) is 0 Å². The summed E-state index contributed by atoms with van der Waals surface area (Å²) in [5.74, 6) is 1.68. The second-order valence-electron chi connectivity index (χ2n) is 3.48. The summed E-state index contributed by atoms with van der Waals surface area (Å²) in [6, 6.07) is 0.513. The van der Waals surface area contributed by atoms with Gasteiger partial charge in [-0.2, -0.15) is 0 Å². The highest BCUT2D eigenvalue weighted by molar-refractivity contribution is 5.81. The molecule has 3 nitrogen and oxygen atoms in total. The molecule has 2 unspecified atom stereocenters. The lowest BCUT2D eigenvalue weighted by atomic mass is 10.0. The van der Waals surface area contributed by atoms with Gasteiger partial charge in [-0.25, -0.2) is 0 Å². The van der Waals surface area contributed by atoms with Gasteiger partial charge in [0.2, 0.25) is 0 Å². The lowest BCUT2D eigenvalue weighted by molar-refractivity contribution is 0.435. The highest BCUT2D eigenvalue weighted by Crippen LogP contribution is 2.06. The van der Waals surface area contributed by atoms with E-state index in [1.54, 1.807) is 0 Å². The molecule has 3 heteroatoms. The molecule has 1 aliphatic heterocycles. The quantitative estimate of drug-likeness (QED) is 0.660. The standard InChI is InChI=1S/C9H19N3/c1-4-7(2)8(3)12-9-10-5-6-11-9/h7-8H,4-6H2,1-3H3,(H2,10,11,12). The molecule has 1 heterocycles. The molecule has 1 aliphatic rings. The van der Waals surface area contributed by atoms with Crippen LogP contribution < -0.4 is 10.6 Å². The third kappa shape index (κ3) is 2.40. The van der Waals surface area contributed by atoms with Gasteiger partial charge in [0.15, 0.2) is 5.96 Å². The fourth-order valence-electron chi connectivity index (χ4n) is 1.21. The lowest BCUT2D eigenvalue weighted by Crippen LogP contribution is -2.42. The first-order chi connectivity index (χ1) is 5.74. The van der Waals surface area contributed by atoms with Gasteiger partial charge in [-0.1, -0.05) is 20.3 Å². The molecule has 0 radical (unpaired) electrons. The molecule has 70 valence electrons. The van der Waals surface area contributed by atoms with Gasteiger partial charge in [0.25, 0.3) is 0 Å². The topological polar surface area (TPSA) is 36.4 Å². The minimum absolute atomic E-state index is 0.513. The third-order valence-corrected chi connectivity index (χ3v) is 2.54. The summed E-state index contributed by atoms with van der Waals surface area (Å²) >= 11 is 0. The molecule has 0 fully saturated rings. The summed E-state index contributed by atoms with van der Waals surface area (Å²) in [5, 5.41) is 6.57. The van der Waals surface area contributed by atoms with E-state index in [0.717, 1.165) is 19.0 Å². The second-order valence-corrected chi connectivity index (χ2v) is 3.48. The maximum atomic E-state index is 4.29. The Hall–Kier alpha value is -0.730. The van der Waals surface area contributed by atoms with Crippen LogP contribution in [0.4, 0.5) is 0 Å². The molecule has 2 N–H and O–H groups in total. The zero-order valence-corrected chi connectivity index (χ0v) is 8.22. The predicted molar refractivity (Wildman–Crippen MR) is 52.4 cm³/mol. The normalized spacial score (nSPS) is 21.1. The summed E-state index contributed by atoms with van der Waals surface area (Å²) in [6.45, 7) is 8.57. The van der Waals surface area contributed by atoms with Crippen LogP contribution in [0.3, 0.4) is 0 Å². The number of hydrogen-bond acceptors (Lipinski definition) is 3. The fourth-order valence-corrected chi connectivity index (χ4v) is 1.21. The van der Waals surface area contributed by atoms with Gasteiger partial charge >= 0.3 is 0 Å². The third-order valence-electron chi connectivity index (χ3n) is 2.54. The first-order valence-electron chi connectivity index (χ1n) is 4.79. The van der Waals surface area contributed by atoms with E-state index in [9.17, 15) is 0 Å². The number of hydrogen-bond donors (Lipinski definition) is 2. The Morgan fingerprint density at radius 1 is 1.58 bits per heavy atom. The summed E-state index contributed by atoms with van der Waals surface area (Å²) in [4.78, 5) is 4.29. The average Bonchev–Trinajstić information content (AvgIpc) is 2.55. The van der Waals surface area contributed by atoms with Crippen molar-refractivity contribution in [2.24, 2.45) is 10.9 Å². The molecule has 0 saturated heterocycles. The first kappa shape index (κ1) is 9.36. The van der Waals surface area contributed by atoms with Crippen molar-refractivity contribution in [3.63, 3.8) is 0 Å². The van der Waals surface area contributed by atoms with Gasteiger partial charge in [0.05, 0.1) is 6.54 Å². The van der Waals surface area contributed by atoms with E-state index >= 15 is 0 Å². The average molecular weight is 169 g/mol. The van der Waals surface area contributed by atoms with Crippen molar-refractivity contribution in [1.82, 2.24) is 10.6 Å². The maximum absolute atomic E-state index is 4.29. The molecular weight excluding hydrogens is 150 g/mol. The van der Waals surface area contributed by atoms with Gasteiger partial charge in [-0.3, -0.25) is 4.99 Å². The smallest absolute Gasteiger partial charge is 0.191 e. The summed E-state index contributed by atoms with van der Waals surface area (Å²) in [5.41, 5.74) is 0. The van der Waals surface area contributed by atoms with Gasteiger partial charge in [0, 0.05) is 12.6 Å². The Balaban J connectivity index is 2.29. The highest BCUT2D eigenvalue weighted by Gasteiger charge is 2.12. The van der Waals surface area contributed by atoms with E-state index in [1.807, 2.05) is 0 Å². The molecule has 0 aromatic heterocycles. The van der Waals surface area contributed by atoms with E-state index in [1.165, 1.54) is 6.42 Å². The van der Waals surface area contributed by atoms with E-state index in [4.69, 9.17) is 0 Å². The van der Waals surface area contributed by atoms with Crippen LogP contribution in [0, 0.1) is 5.92 Å². The molecule has 0 aromatic rings. The van der Waals surface area contributed by atoms with Crippen LogP contribution in [0.1, 0.15) is 27.2 Å². The second kappa shape index (κ2) is 4.33. The zero-order chi connectivity index (χ0) is 8.97. The van der Waals surface area contributed by atoms with Crippen LogP contribution in [-0.4, -0.2) is 25.1 Å². The number of rotatable bonds is 3.